The summed E-state index contributed by atoms with van der Waals surface area (Å²) >= 11 is 12.4. The zero-order valence-electron chi connectivity index (χ0n) is 19.3. The second-order valence-corrected chi connectivity index (χ2v) is 8.65. The molecule has 0 aliphatic heterocycles. The molecule has 186 valence electrons. The number of hydrogen-bond donors (Lipinski definition) is 2. The molecule has 0 radical (unpaired) electrons. The van der Waals surface area contributed by atoms with Crippen molar-refractivity contribution in [1.29, 1.82) is 0 Å². The van der Waals surface area contributed by atoms with Gasteiger partial charge in [0.05, 0.1) is 11.5 Å². The summed E-state index contributed by atoms with van der Waals surface area (Å²) < 4.78 is 6.70. The Hall–Kier alpha value is -3.89. The second kappa shape index (κ2) is 11.7. The van der Waals surface area contributed by atoms with Crippen LogP contribution in [0.4, 0.5) is 5.69 Å². The van der Waals surface area contributed by atoms with E-state index in [1.165, 1.54) is 17.3 Å². The van der Waals surface area contributed by atoms with E-state index in [9.17, 15) is 10.1 Å². The van der Waals surface area contributed by atoms with Gasteiger partial charge in [0, 0.05) is 29.3 Å². The lowest BCUT2D eigenvalue weighted by Gasteiger charge is -2.14. The van der Waals surface area contributed by atoms with Gasteiger partial charge in [-0.3, -0.25) is 15.1 Å². The van der Waals surface area contributed by atoms with Gasteiger partial charge in [-0.15, -0.1) is 0 Å². The minimum Gasteiger partial charge on any atom is -0.494 e. The number of nitrogens with zero attached hydrogens (tertiary/aromatic N) is 5. The lowest BCUT2D eigenvalue weighted by Crippen LogP contribution is -2.25. The largest absolute Gasteiger partial charge is 0.494 e. The molecule has 0 fully saturated rings. The normalized spacial score (nSPS) is 12.6. The first-order valence-corrected chi connectivity index (χ1v) is 12.0. The molecule has 0 saturated heterocycles. The molecule has 10 nitrogen and oxygen atoms in total. The van der Waals surface area contributed by atoms with Crippen LogP contribution >= 0.6 is 23.2 Å². The number of aromatic nitrogens is 4. The maximum Gasteiger partial charge on any atom is 0.335 e. The molecule has 0 saturated carbocycles. The van der Waals surface area contributed by atoms with Gasteiger partial charge in [0.2, 0.25) is 5.82 Å². The van der Waals surface area contributed by atoms with Crippen molar-refractivity contribution in [3.8, 4) is 5.75 Å². The van der Waals surface area contributed by atoms with Crippen LogP contribution < -0.4 is 10.1 Å². The van der Waals surface area contributed by atoms with Crippen molar-refractivity contribution in [1.82, 2.24) is 19.7 Å². The maximum atomic E-state index is 12.3. The van der Waals surface area contributed by atoms with Crippen molar-refractivity contribution in [2.45, 2.75) is 18.2 Å². The quantitative estimate of drug-likeness (QED) is 0.120. The van der Waals surface area contributed by atoms with Crippen molar-refractivity contribution in [3.63, 3.8) is 0 Å². The van der Waals surface area contributed by atoms with E-state index in [-0.39, 0.29) is 18.1 Å². The smallest absolute Gasteiger partial charge is 0.335 e. The molecule has 2 aromatic carbocycles. The number of anilines is 1. The van der Waals surface area contributed by atoms with E-state index in [2.05, 4.69) is 25.4 Å². The molecule has 0 aliphatic carbocycles. The Balaban J connectivity index is 1.69. The van der Waals surface area contributed by atoms with Crippen LogP contribution in [0.3, 0.4) is 0 Å². The van der Waals surface area contributed by atoms with E-state index < -0.39 is 15.5 Å². The Morgan fingerprint density at radius 2 is 2.03 bits per heavy atom. The van der Waals surface area contributed by atoms with Gasteiger partial charge in [-0.1, -0.05) is 41.4 Å². The number of para-hydroxylation sites is 1. The average Bonchev–Trinajstić information content (AvgIpc) is 3.54. The minimum atomic E-state index is -1.26. The van der Waals surface area contributed by atoms with Crippen LogP contribution in [0.1, 0.15) is 12.5 Å². The topological polar surface area (TPSA) is 123 Å². The fourth-order valence-corrected chi connectivity index (χ4v) is 4.02. The molecule has 4 aromatic rings. The number of alkyl halides is 2. The monoisotopic (exact) mass is 527 g/mol. The van der Waals surface area contributed by atoms with Crippen LogP contribution in [0, 0.1) is 10.1 Å². The van der Waals surface area contributed by atoms with E-state index in [1.807, 2.05) is 37.4 Å². The lowest BCUT2D eigenvalue weighted by molar-refractivity contribution is -0.414. The first kappa shape index (κ1) is 25.2. The molecule has 0 unspecified atom stereocenters. The number of nitro groups is 1. The fourth-order valence-electron chi connectivity index (χ4n) is 3.67. The average molecular weight is 528 g/mol. The highest BCUT2D eigenvalue weighted by Crippen LogP contribution is 2.24. The summed E-state index contributed by atoms with van der Waals surface area (Å²) in [6.45, 7) is 2.64. The third-order valence-corrected chi connectivity index (χ3v) is 5.68. The summed E-state index contributed by atoms with van der Waals surface area (Å²) in [7, 11) is 0. The molecule has 0 spiro atoms. The van der Waals surface area contributed by atoms with Crippen molar-refractivity contribution in [3.05, 3.63) is 88.8 Å². The van der Waals surface area contributed by atoms with Gasteiger partial charge in [-0.05, 0) is 49.2 Å². The van der Waals surface area contributed by atoms with Crippen molar-refractivity contribution < 1.29 is 9.66 Å². The first-order chi connectivity index (χ1) is 17.5. The zero-order chi connectivity index (χ0) is 25.5. The molecule has 2 heterocycles. The number of aromatic amines is 1. The second-order valence-electron chi connectivity index (χ2n) is 7.55. The molecule has 4 rings (SSSR count). The standard InChI is InChI=1S/C24H23Cl2N7O3/c1-2-36-18-9-7-17(8-10-18)31-24(32-15-27-14-30-32)22(33(34)35)21(23(25)26)28-12-11-16-13-29-20-6-4-3-5-19(16)20/h3-10,13-15,23,29,31H,2,11-12H2,1H3. The van der Waals surface area contributed by atoms with E-state index in [1.54, 1.807) is 24.3 Å². The SMILES string of the molecule is CCOc1ccc(NC(=C(C(=NCCc2c[nH]c3ccccc23)C(Cl)Cl)[N+](=O)[O-])n2cncn2)cc1. The number of rotatable bonds is 11. The predicted octanol–water partition coefficient (Wildman–Crippen LogP) is 5.16. The molecule has 2 aromatic heterocycles. The number of fused-ring (bicyclic) bond motifs is 1. The van der Waals surface area contributed by atoms with E-state index in [0.29, 0.717) is 24.5 Å². The van der Waals surface area contributed by atoms with E-state index in [0.717, 1.165) is 16.5 Å². The Morgan fingerprint density at radius 3 is 2.69 bits per heavy atom. The van der Waals surface area contributed by atoms with Crippen LogP contribution in [0.5, 0.6) is 5.75 Å². The molecule has 0 amide bonds. The number of ether oxygens (including phenoxy) is 1. The summed E-state index contributed by atoms with van der Waals surface area (Å²) in [6.07, 6.45) is 5.03. The number of allylic oxidation sites excluding steroid dienone is 1. The van der Waals surface area contributed by atoms with Crippen molar-refractivity contribution in [2.24, 2.45) is 4.99 Å². The number of aliphatic imine (C=N–C) groups is 1. The van der Waals surface area contributed by atoms with Crippen LogP contribution in [-0.4, -0.2) is 48.4 Å². The number of benzene rings is 2. The fraction of sp³-hybridized carbons (Fsp3) is 0.208. The number of halogens is 2. The Bertz CT molecular complexity index is 1380. The van der Waals surface area contributed by atoms with Crippen molar-refractivity contribution >= 4 is 51.3 Å². The highest BCUT2D eigenvalue weighted by atomic mass is 35.5. The van der Waals surface area contributed by atoms with Gasteiger partial charge in [-0.25, -0.2) is 4.98 Å². The summed E-state index contributed by atoms with van der Waals surface area (Å²) in [5.74, 6) is 0.670. The molecular weight excluding hydrogens is 505 g/mol. The summed E-state index contributed by atoms with van der Waals surface area (Å²) in [4.78, 5) is 22.0. The summed E-state index contributed by atoms with van der Waals surface area (Å²) in [5, 5.41) is 20.5. The highest BCUT2D eigenvalue weighted by Gasteiger charge is 2.32. The first-order valence-electron chi connectivity index (χ1n) is 11.1. The van der Waals surface area contributed by atoms with Gasteiger partial charge in [0.15, 0.2) is 4.84 Å². The molecule has 2 N–H and O–H groups in total. The molecule has 12 heteroatoms. The van der Waals surface area contributed by atoms with Gasteiger partial charge >= 0.3 is 5.70 Å². The van der Waals surface area contributed by atoms with Gasteiger partial charge in [0.1, 0.15) is 24.1 Å². The van der Waals surface area contributed by atoms with Crippen LogP contribution in [0.2, 0.25) is 0 Å². The maximum absolute atomic E-state index is 12.3. The van der Waals surface area contributed by atoms with E-state index in [4.69, 9.17) is 27.9 Å². The van der Waals surface area contributed by atoms with Crippen LogP contribution in [0.25, 0.3) is 16.7 Å². The minimum absolute atomic E-state index is 0.00111. The molecule has 0 atom stereocenters. The van der Waals surface area contributed by atoms with Gasteiger partial charge < -0.3 is 15.0 Å². The molecular formula is C24H23Cl2N7O3. The Morgan fingerprint density at radius 1 is 1.25 bits per heavy atom. The van der Waals surface area contributed by atoms with Gasteiger partial charge in [0.25, 0.3) is 0 Å². The third kappa shape index (κ3) is 5.84. The molecule has 0 aliphatic rings. The zero-order valence-corrected chi connectivity index (χ0v) is 20.8. The third-order valence-electron chi connectivity index (χ3n) is 5.27. The predicted molar refractivity (Wildman–Crippen MR) is 141 cm³/mol. The molecule has 36 heavy (non-hydrogen) atoms. The van der Waals surface area contributed by atoms with Crippen LogP contribution in [-0.2, 0) is 6.42 Å². The van der Waals surface area contributed by atoms with Crippen molar-refractivity contribution in [2.75, 3.05) is 18.5 Å². The van der Waals surface area contributed by atoms with E-state index >= 15 is 0 Å². The molecule has 0 bridgehead atoms. The summed E-state index contributed by atoms with van der Waals surface area (Å²) in [5.41, 5.74) is 2.09. The Labute approximate surface area is 216 Å². The van der Waals surface area contributed by atoms with Crippen LogP contribution in [0.15, 0.2) is 78.1 Å². The summed E-state index contributed by atoms with van der Waals surface area (Å²) in [6, 6.07) is 14.8. The number of H-pyrrole nitrogens is 1. The Kier molecular flexibility index (Phi) is 8.19. The van der Waals surface area contributed by atoms with Gasteiger partial charge in [-0.2, -0.15) is 9.78 Å². The highest BCUT2D eigenvalue weighted by molar-refractivity contribution is 6.56. The number of hydrogen-bond acceptors (Lipinski definition) is 7. The lowest BCUT2D eigenvalue weighted by atomic mass is 10.1. The number of nitrogens with one attached hydrogen (secondary N) is 2.